The third kappa shape index (κ3) is 3.04. The van der Waals surface area contributed by atoms with Gasteiger partial charge in [0.1, 0.15) is 0 Å². The highest BCUT2D eigenvalue weighted by molar-refractivity contribution is 5.80. The summed E-state index contributed by atoms with van der Waals surface area (Å²) in [6.07, 6.45) is 5.96. The van der Waals surface area contributed by atoms with E-state index in [9.17, 15) is 4.79 Å². The number of hydrogen-bond donors (Lipinski definition) is 1. The number of hydrogen-bond acceptors (Lipinski definition) is 3. The van der Waals surface area contributed by atoms with Gasteiger partial charge in [0, 0.05) is 19.1 Å². The molecule has 104 valence electrons. The Morgan fingerprint density at radius 2 is 2.06 bits per heavy atom. The minimum absolute atomic E-state index is 0.0159. The maximum absolute atomic E-state index is 12.5. The van der Waals surface area contributed by atoms with Crippen molar-refractivity contribution in [3.05, 3.63) is 0 Å². The average Bonchev–Trinajstić information content (AvgIpc) is 3.05. The van der Waals surface area contributed by atoms with E-state index in [0.29, 0.717) is 19.3 Å². The largest absolute Gasteiger partial charge is 0.379 e. The van der Waals surface area contributed by atoms with Gasteiger partial charge in [0.25, 0.3) is 0 Å². The lowest BCUT2D eigenvalue weighted by atomic mass is 10.0. The van der Waals surface area contributed by atoms with E-state index >= 15 is 0 Å². The van der Waals surface area contributed by atoms with Crippen LogP contribution in [0.1, 0.15) is 39.0 Å². The molecular weight excluding hydrogens is 228 g/mol. The average molecular weight is 254 g/mol. The van der Waals surface area contributed by atoms with Gasteiger partial charge in [-0.1, -0.05) is 19.8 Å². The Morgan fingerprint density at radius 3 is 2.72 bits per heavy atom. The lowest BCUT2D eigenvalue weighted by Crippen LogP contribution is -2.47. The van der Waals surface area contributed by atoms with Crippen LogP contribution < -0.4 is 5.32 Å². The first-order valence-electron chi connectivity index (χ1n) is 7.31. The molecule has 4 heteroatoms. The Morgan fingerprint density at radius 1 is 1.33 bits per heavy atom. The number of carbonyl (C=O) groups excluding carboxylic acids is 1. The van der Waals surface area contributed by atoms with Gasteiger partial charge >= 0.3 is 0 Å². The Hall–Kier alpha value is -0.610. The zero-order valence-corrected chi connectivity index (χ0v) is 11.7. The smallest absolute Gasteiger partial charge is 0.229 e. The standard InChI is InChI=1S/C14H26N2O2/c1-3-8-15-13-10-18-9-12(13)14(17)16(2)11-6-4-5-7-11/h11-13,15H,3-10H2,1-2H3. The number of rotatable bonds is 5. The molecule has 1 heterocycles. The summed E-state index contributed by atoms with van der Waals surface area (Å²) in [7, 11) is 1.97. The molecule has 0 spiro atoms. The summed E-state index contributed by atoms with van der Waals surface area (Å²) < 4.78 is 5.49. The minimum atomic E-state index is 0.0159. The van der Waals surface area contributed by atoms with Crippen LogP contribution in [0.15, 0.2) is 0 Å². The zero-order valence-electron chi connectivity index (χ0n) is 11.7. The molecule has 2 unspecified atom stereocenters. The lowest BCUT2D eigenvalue weighted by Gasteiger charge is -2.29. The molecule has 2 atom stereocenters. The summed E-state index contributed by atoms with van der Waals surface area (Å²) in [4.78, 5) is 14.5. The van der Waals surface area contributed by atoms with E-state index in [1.54, 1.807) is 0 Å². The number of amides is 1. The second-order valence-electron chi connectivity index (χ2n) is 5.59. The number of carbonyl (C=O) groups is 1. The van der Waals surface area contributed by atoms with E-state index < -0.39 is 0 Å². The summed E-state index contributed by atoms with van der Waals surface area (Å²) in [5, 5.41) is 3.44. The second-order valence-corrected chi connectivity index (χ2v) is 5.59. The number of nitrogens with one attached hydrogen (secondary N) is 1. The van der Waals surface area contributed by atoms with E-state index in [-0.39, 0.29) is 17.9 Å². The van der Waals surface area contributed by atoms with E-state index in [4.69, 9.17) is 4.74 Å². The topological polar surface area (TPSA) is 41.6 Å². The van der Waals surface area contributed by atoms with Crippen molar-refractivity contribution < 1.29 is 9.53 Å². The van der Waals surface area contributed by atoms with Crippen LogP contribution in [0.3, 0.4) is 0 Å². The first kappa shape index (κ1) is 13.8. The number of nitrogens with zero attached hydrogens (tertiary/aromatic N) is 1. The van der Waals surface area contributed by atoms with Crippen molar-refractivity contribution >= 4 is 5.91 Å². The van der Waals surface area contributed by atoms with Gasteiger partial charge in [0.15, 0.2) is 0 Å². The van der Waals surface area contributed by atoms with Crippen molar-refractivity contribution in [2.24, 2.45) is 5.92 Å². The number of ether oxygens (including phenoxy) is 1. The van der Waals surface area contributed by atoms with Crippen LogP contribution in [0.5, 0.6) is 0 Å². The maximum atomic E-state index is 12.5. The molecule has 4 nitrogen and oxygen atoms in total. The predicted molar refractivity (Wildman–Crippen MR) is 71.4 cm³/mol. The molecular formula is C14H26N2O2. The third-order valence-electron chi connectivity index (χ3n) is 4.27. The van der Waals surface area contributed by atoms with Crippen molar-refractivity contribution in [1.82, 2.24) is 10.2 Å². The van der Waals surface area contributed by atoms with Gasteiger partial charge in [-0.05, 0) is 25.8 Å². The Bertz CT molecular complexity index is 277. The molecule has 1 amide bonds. The first-order valence-corrected chi connectivity index (χ1v) is 7.31. The predicted octanol–water partition coefficient (Wildman–Crippen LogP) is 1.40. The van der Waals surface area contributed by atoms with Gasteiger partial charge in [-0.2, -0.15) is 0 Å². The summed E-state index contributed by atoms with van der Waals surface area (Å²) in [6.45, 7) is 4.36. The molecule has 2 fully saturated rings. The fourth-order valence-corrected chi connectivity index (χ4v) is 3.06. The molecule has 1 N–H and O–H groups in total. The highest BCUT2D eigenvalue weighted by atomic mass is 16.5. The second kappa shape index (κ2) is 6.53. The fourth-order valence-electron chi connectivity index (χ4n) is 3.06. The van der Waals surface area contributed by atoms with Gasteiger partial charge in [-0.3, -0.25) is 4.79 Å². The van der Waals surface area contributed by atoms with Crippen LogP contribution in [-0.2, 0) is 9.53 Å². The van der Waals surface area contributed by atoms with Crippen molar-refractivity contribution in [2.75, 3.05) is 26.8 Å². The Kier molecular flexibility index (Phi) is 5.01. The molecule has 0 aromatic heterocycles. The van der Waals surface area contributed by atoms with Crippen molar-refractivity contribution in [3.8, 4) is 0 Å². The van der Waals surface area contributed by atoms with E-state index in [2.05, 4.69) is 12.2 Å². The monoisotopic (exact) mass is 254 g/mol. The molecule has 0 bridgehead atoms. The van der Waals surface area contributed by atoms with Crippen LogP contribution in [0.2, 0.25) is 0 Å². The molecule has 0 aromatic carbocycles. The molecule has 2 aliphatic rings. The molecule has 1 aliphatic carbocycles. The van der Waals surface area contributed by atoms with E-state index in [1.807, 2.05) is 11.9 Å². The first-order chi connectivity index (χ1) is 8.74. The van der Waals surface area contributed by atoms with E-state index in [1.165, 1.54) is 25.7 Å². The summed E-state index contributed by atoms with van der Waals surface area (Å²) in [5.41, 5.74) is 0. The highest BCUT2D eigenvalue weighted by Gasteiger charge is 2.37. The Balaban J connectivity index is 1.89. The minimum Gasteiger partial charge on any atom is -0.379 e. The Labute approximate surface area is 110 Å². The van der Waals surface area contributed by atoms with Crippen LogP contribution in [0.25, 0.3) is 0 Å². The van der Waals surface area contributed by atoms with Crippen molar-refractivity contribution in [1.29, 1.82) is 0 Å². The van der Waals surface area contributed by atoms with Crippen LogP contribution in [-0.4, -0.2) is 49.7 Å². The van der Waals surface area contributed by atoms with Gasteiger partial charge < -0.3 is 15.0 Å². The summed E-state index contributed by atoms with van der Waals surface area (Å²) in [5.74, 6) is 0.287. The SMILES string of the molecule is CCCNC1COCC1C(=O)N(C)C1CCCC1. The molecule has 2 rings (SSSR count). The van der Waals surface area contributed by atoms with E-state index in [0.717, 1.165) is 13.0 Å². The zero-order chi connectivity index (χ0) is 13.0. The molecule has 1 aliphatic heterocycles. The normalized spacial score (nSPS) is 28.8. The van der Waals surface area contributed by atoms with Gasteiger partial charge in [0.05, 0.1) is 19.1 Å². The highest BCUT2D eigenvalue weighted by Crippen LogP contribution is 2.25. The van der Waals surface area contributed by atoms with Gasteiger partial charge in [-0.25, -0.2) is 0 Å². The fraction of sp³-hybridized carbons (Fsp3) is 0.929. The van der Waals surface area contributed by atoms with Crippen LogP contribution in [0, 0.1) is 5.92 Å². The van der Waals surface area contributed by atoms with Crippen LogP contribution in [0.4, 0.5) is 0 Å². The molecule has 18 heavy (non-hydrogen) atoms. The van der Waals surface area contributed by atoms with Gasteiger partial charge in [-0.15, -0.1) is 0 Å². The molecule has 1 saturated carbocycles. The molecule has 0 radical (unpaired) electrons. The summed E-state index contributed by atoms with van der Waals surface area (Å²) in [6, 6.07) is 0.672. The third-order valence-corrected chi connectivity index (χ3v) is 4.27. The van der Waals surface area contributed by atoms with Gasteiger partial charge in [0.2, 0.25) is 5.91 Å². The maximum Gasteiger partial charge on any atom is 0.229 e. The lowest BCUT2D eigenvalue weighted by molar-refractivity contribution is -0.136. The molecule has 1 saturated heterocycles. The van der Waals surface area contributed by atoms with Crippen molar-refractivity contribution in [3.63, 3.8) is 0 Å². The summed E-state index contributed by atoms with van der Waals surface area (Å²) >= 11 is 0. The quantitative estimate of drug-likeness (QED) is 0.806. The molecule has 0 aromatic rings. The van der Waals surface area contributed by atoms with Crippen molar-refractivity contribution in [2.45, 2.75) is 51.1 Å². The van der Waals surface area contributed by atoms with Crippen LogP contribution >= 0.6 is 0 Å².